The summed E-state index contributed by atoms with van der Waals surface area (Å²) < 4.78 is 9.40. The third-order valence-corrected chi connectivity index (χ3v) is 6.24. The predicted octanol–water partition coefficient (Wildman–Crippen LogP) is 0.706. The van der Waals surface area contributed by atoms with E-state index in [4.69, 9.17) is 32.9 Å². The molecule has 12 nitrogen and oxygen atoms in total. The van der Waals surface area contributed by atoms with Crippen LogP contribution in [0.5, 0.6) is 0 Å². The molecule has 3 heterocycles. The van der Waals surface area contributed by atoms with Crippen molar-refractivity contribution in [2.75, 3.05) is 18.1 Å². The van der Waals surface area contributed by atoms with E-state index < -0.39 is 35.5 Å². The van der Waals surface area contributed by atoms with Gasteiger partial charge in [0, 0.05) is 22.2 Å². The van der Waals surface area contributed by atoms with E-state index in [9.17, 15) is 19.2 Å². The number of β-lactam (4-membered cyclic amide) rings is 1. The number of aromatic nitrogens is 1. The first-order chi connectivity index (χ1) is 14.2. The molecule has 0 aliphatic carbocycles. The molecule has 3 rings (SSSR count). The van der Waals surface area contributed by atoms with Gasteiger partial charge in [-0.25, -0.2) is 14.6 Å². The minimum atomic E-state index is -1.65. The molecule has 0 saturated carbocycles. The lowest BCUT2D eigenvalue weighted by atomic mass is 10.1. The molecule has 1 aromatic heterocycles. The number of carbonyl (C=O) groups excluding carboxylic acids is 3. The fraction of sp³-hybridized carbons (Fsp3) is 0.267. The Balaban J connectivity index is 1.76. The monoisotopic (exact) mass is 475 g/mol. The molecule has 2 aliphatic heterocycles. The highest BCUT2D eigenvalue weighted by Gasteiger charge is 2.54. The van der Waals surface area contributed by atoms with Crippen molar-refractivity contribution in [1.82, 2.24) is 15.2 Å². The average molecular weight is 476 g/mol. The maximum Gasteiger partial charge on any atom is 0.512 e. The van der Waals surface area contributed by atoms with Gasteiger partial charge >= 0.3 is 12.2 Å². The Morgan fingerprint density at radius 3 is 2.77 bits per heavy atom. The van der Waals surface area contributed by atoms with Gasteiger partial charge in [-0.2, -0.15) is 0 Å². The smallest absolute Gasteiger partial charge is 0.449 e. The van der Waals surface area contributed by atoms with Crippen LogP contribution in [-0.4, -0.2) is 62.8 Å². The van der Waals surface area contributed by atoms with Crippen LogP contribution in [0, 0.1) is 0 Å². The van der Waals surface area contributed by atoms with Gasteiger partial charge in [-0.15, -0.1) is 23.1 Å². The number of thiazole rings is 1. The highest BCUT2D eigenvalue weighted by molar-refractivity contribution is 8.00. The van der Waals surface area contributed by atoms with Crippen LogP contribution in [0.3, 0.4) is 0 Å². The van der Waals surface area contributed by atoms with Gasteiger partial charge in [0.2, 0.25) is 5.88 Å². The summed E-state index contributed by atoms with van der Waals surface area (Å²) in [7, 11) is 0. The lowest BCUT2D eigenvalue weighted by molar-refractivity contribution is -0.148. The Bertz CT molecular complexity index is 978. The largest absolute Gasteiger partial charge is 0.512 e. The number of nitrogens with zero attached hydrogens (tertiary/aromatic N) is 2. The van der Waals surface area contributed by atoms with Crippen molar-refractivity contribution in [3.63, 3.8) is 0 Å². The Kier molecular flexibility index (Phi) is 6.38. The molecule has 1 aromatic rings. The molecule has 1 fully saturated rings. The number of primary amides is 1. The minimum Gasteiger partial charge on any atom is -0.449 e. The zero-order valence-corrected chi connectivity index (χ0v) is 17.3. The second kappa shape index (κ2) is 8.81. The number of nitrogen functional groups attached to an aromatic ring is 1. The van der Waals surface area contributed by atoms with Crippen LogP contribution in [0.25, 0.3) is 5.57 Å². The summed E-state index contributed by atoms with van der Waals surface area (Å²) in [5.74, 6) is -1.36. The van der Waals surface area contributed by atoms with Crippen LogP contribution < -0.4 is 16.8 Å². The molecule has 0 bridgehead atoms. The van der Waals surface area contributed by atoms with Gasteiger partial charge in [0.25, 0.3) is 11.8 Å². The SMILES string of the molecule is NC(=O)OCC1=C(OC(=O)O)N2C(=O)C(NC(=O)C(=CCl)c3csc(N)n3)[C@@H]2SC1. The Hall–Kier alpha value is -2.97. The lowest BCUT2D eigenvalue weighted by Gasteiger charge is -2.49. The van der Waals surface area contributed by atoms with Gasteiger partial charge in [0.15, 0.2) is 5.13 Å². The van der Waals surface area contributed by atoms with Crippen LogP contribution >= 0.6 is 34.7 Å². The van der Waals surface area contributed by atoms with E-state index >= 15 is 0 Å². The Labute approximate surface area is 181 Å². The molecular weight excluding hydrogens is 462 g/mol. The van der Waals surface area contributed by atoms with E-state index in [-0.39, 0.29) is 40.2 Å². The van der Waals surface area contributed by atoms with E-state index in [0.717, 1.165) is 21.8 Å². The van der Waals surface area contributed by atoms with Crippen molar-refractivity contribution in [2.45, 2.75) is 11.4 Å². The maximum absolute atomic E-state index is 12.6. The number of anilines is 1. The highest BCUT2D eigenvalue weighted by Crippen LogP contribution is 2.41. The molecule has 3 amide bonds. The number of halogens is 1. The standard InChI is InChI=1S/C15H14ClN5O7S2/c16-1-6(7-4-30-13(17)19-7)9(22)20-8-10(23)21-11(28-15(25)26)5(2-27-14(18)24)3-29-12(8)21/h1,4,8,12H,2-3H2,(H2,17,19)(H2,18,24)(H,20,22)(H,25,26)/t8?,12-/m0/s1. The second-order valence-electron chi connectivity index (χ2n) is 5.84. The summed E-state index contributed by atoms with van der Waals surface area (Å²) in [5.41, 5.74) is 12.0. The summed E-state index contributed by atoms with van der Waals surface area (Å²) in [4.78, 5) is 52.1. The number of hydrogen-bond acceptors (Lipinski definition) is 10. The Morgan fingerprint density at radius 2 is 2.20 bits per heavy atom. The number of amides is 3. The summed E-state index contributed by atoms with van der Waals surface area (Å²) in [6.07, 6.45) is -2.71. The van der Waals surface area contributed by atoms with Crippen LogP contribution in [0.15, 0.2) is 22.4 Å². The van der Waals surface area contributed by atoms with Crippen molar-refractivity contribution in [3.8, 4) is 0 Å². The van der Waals surface area contributed by atoms with Crippen LogP contribution in [0.1, 0.15) is 5.69 Å². The van der Waals surface area contributed by atoms with Crippen molar-refractivity contribution < 1.29 is 33.8 Å². The Morgan fingerprint density at radius 1 is 1.47 bits per heavy atom. The number of ether oxygens (including phenoxy) is 2. The zero-order chi connectivity index (χ0) is 22.0. The van der Waals surface area contributed by atoms with Crippen LogP contribution in [0.4, 0.5) is 14.7 Å². The molecule has 2 atom stereocenters. The van der Waals surface area contributed by atoms with Gasteiger partial charge in [-0.05, 0) is 0 Å². The quantitative estimate of drug-likeness (QED) is 0.259. The topological polar surface area (TPSA) is 187 Å². The third-order valence-electron chi connectivity index (χ3n) is 4.00. The second-order valence-corrected chi connectivity index (χ2v) is 8.05. The molecule has 160 valence electrons. The van der Waals surface area contributed by atoms with Crippen molar-refractivity contribution >= 4 is 69.5 Å². The van der Waals surface area contributed by atoms with Gasteiger partial charge < -0.3 is 31.4 Å². The van der Waals surface area contributed by atoms with Crippen molar-refractivity contribution in [1.29, 1.82) is 0 Å². The van der Waals surface area contributed by atoms with E-state index in [2.05, 4.69) is 15.0 Å². The normalized spacial score (nSPS) is 20.9. The van der Waals surface area contributed by atoms with E-state index in [1.54, 1.807) is 5.38 Å². The summed E-state index contributed by atoms with van der Waals surface area (Å²) in [6, 6.07) is -0.962. The van der Waals surface area contributed by atoms with E-state index in [1.165, 1.54) is 11.8 Å². The number of nitrogens with two attached hydrogens (primary N) is 2. The highest BCUT2D eigenvalue weighted by atomic mass is 35.5. The first-order valence-electron chi connectivity index (χ1n) is 8.05. The fourth-order valence-electron chi connectivity index (χ4n) is 2.72. The number of carbonyl (C=O) groups is 4. The molecule has 0 aromatic carbocycles. The molecule has 6 N–H and O–H groups in total. The number of hydrogen-bond donors (Lipinski definition) is 4. The predicted molar refractivity (Wildman–Crippen MR) is 107 cm³/mol. The average Bonchev–Trinajstić information content (AvgIpc) is 3.10. The lowest BCUT2D eigenvalue weighted by Crippen LogP contribution is -2.70. The third kappa shape index (κ3) is 4.29. The first kappa shape index (κ1) is 21.7. The van der Waals surface area contributed by atoms with E-state index in [0.29, 0.717) is 0 Å². The molecule has 30 heavy (non-hydrogen) atoms. The molecular formula is C15H14ClN5O7S2. The number of rotatable bonds is 6. The first-order valence-corrected chi connectivity index (χ1v) is 10.4. The molecule has 0 radical (unpaired) electrons. The van der Waals surface area contributed by atoms with Crippen molar-refractivity contribution in [2.24, 2.45) is 5.73 Å². The summed E-state index contributed by atoms with van der Waals surface area (Å²) in [6.45, 7) is -0.344. The van der Waals surface area contributed by atoms with Gasteiger partial charge in [-0.3, -0.25) is 14.5 Å². The fourth-order valence-corrected chi connectivity index (χ4v) is 4.80. The van der Waals surface area contributed by atoms with Gasteiger partial charge in [0.1, 0.15) is 18.0 Å². The van der Waals surface area contributed by atoms with Gasteiger partial charge in [0.05, 0.1) is 11.3 Å². The van der Waals surface area contributed by atoms with Crippen molar-refractivity contribution in [3.05, 3.63) is 28.1 Å². The van der Waals surface area contributed by atoms with Crippen LogP contribution in [0.2, 0.25) is 0 Å². The molecule has 0 spiro atoms. The summed E-state index contributed by atoms with van der Waals surface area (Å²) in [5, 5.41) is 12.7. The van der Waals surface area contributed by atoms with Gasteiger partial charge in [-0.1, -0.05) is 11.6 Å². The minimum absolute atomic E-state index is 0.0183. The zero-order valence-electron chi connectivity index (χ0n) is 14.9. The van der Waals surface area contributed by atoms with Crippen LogP contribution in [-0.2, 0) is 19.1 Å². The summed E-state index contributed by atoms with van der Waals surface area (Å²) >= 11 is 8.08. The molecule has 15 heteroatoms. The van der Waals surface area contributed by atoms with E-state index in [1.807, 2.05) is 0 Å². The number of thioether (sulfide) groups is 1. The molecule has 1 unspecified atom stereocenters. The number of fused-ring (bicyclic) bond motifs is 1. The molecule has 1 saturated heterocycles. The number of carboxylic acid groups (broad SMARTS) is 1. The number of nitrogens with one attached hydrogen (secondary N) is 1. The maximum atomic E-state index is 12.6. The molecule has 2 aliphatic rings.